The van der Waals surface area contributed by atoms with E-state index in [4.69, 9.17) is 15.0 Å². The molecular weight excluding hydrogens is 513 g/mol. The van der Waals surface area contributed by atoms with E-state index in [1.54, 1.807) is 0 Å². The van der Waals surface area contributed by atoms with E-state index in [-0.39, 0.29) is 0 Å². The molecule has 42 heavy (non-hydrogen) atoms. The van der Waals surface area contributed by atoms with E-state index in [1.807, 2.05) is 84.9 Å². The topological polar surface area (TPSA) is 58.9 Å². The molecule has 0 saturated carbocycles. The minimum atomic E-state index is 0.637. The summed E-state index contributed by atoms with van der Waals surface area (Å²) in [5, 5.41) is 11.7. The second kappa shape index (κ2) is 11.2. The summed E-state index contributed by atoms with van der Waals surface area (Å²) in [6.07, 6.45) is 0. The fourth-order valence-electron chi connectivity index (χ4n) is 5.30. The van der Waals surface area contributed by atoms with Gasteiger partial charge in [0.05, 0.1) is 0 Å². The van der Waals surface area contributed by atoms with Crippen LogP contribution in [0.2, 0.25) is 0 Å². The van der Waals surface area contributed by atoms with Gasteiger partial charge in [0.2, 0.25) is 0 Å². The highest BCUT2D eigenvalue weighted by Gasteiger charge is 2.13. The van der Waals surface area contributed by atoms with Crippen LogP contribution in [0.3, 0.4) is 0 Å². The molecule has 1 radical (unpaired) electrons. The maximum atomic E-state index is 9.32. The standard InChI is InChI=1S/C37H25BN3O/c42-38-30-23-21-26(22-24-30)32-14-8-15-33-31(13-7-16-34(32)33)25-17-19-29(20-18-25)37-40-35(27-9-3-1-4-10-27)39-36(41-37)28-11-5-2-6-12-28/h1-24,42H. The zero-order valence-electron chi connectivity index (χ0n) is 22.7. The number of hydrogen-bond acceptors (Lipinski definition) is 4. The third-order valence-corrected chi connectivity index (χ3v) is 7.45. The lowest BCUT2D eigenvalue weighted by Gasteiger charge is -2.12. The number of fused-ring (bicyclic) bond motifs is 1. The Balaban J connectivity index is 1.29. The van der Waals surface area contributed by atoms with Crippen LogP contribution >= 0.6 is 0 Å². The second-order valence-corrected chi connectivity index (χ2v) is 10.1. The van der Waals surface area contributed by atoms with Crippen LogP contribution in [0.25, 0.3) is 67.2 Å². The van der Waals surface area contributed by atoms with Crippen molar-refractivity contribution in [2.24, 2.45) is 0 Å². The molecule has 0 atom stereocenters. The normalized spacial score (nSPS) is 11.0. The summed E-state index contributed by atoms with van der Waals surface area (Å²) >= 11 is 0. The highest BCUT2D eigenvalue weighted by Crippen LogP contribution is 2.35. The number of hydrogen-bond donors (Lipinski definition) is 1. The lowest BCUT2D eigenvalue weighted by atomic mass is 9.86. The minimum absolute atomic E-state index is 0.637. The van der Waals surface area contributed by atoms with Crippen molar-refractivity contribution in [3.8, 4) is 56.4 Å². The quantitative estimate of drug-likeness (QED) is 0.222. The SMILES string of the molecule is O[B]c1ccc(-c2cccc3c(-c4ccc(-c5nc(-c6ccccc6)nc(-c6ccccc6)n5)cc4)cccc23)cc1. The van der Waals surface area contributed by atoms with Gasteiger partial charge in [-0.05, 0) is 33.0 Å². The van der Waals surface area contributed by atoms with Gasteiger partial charge in [-0.1, -0.05) is 151 Å². The third kappa shape index (κ3) is 4.98. The largest absolute Gasteiger partial charge is 0.450 e. The van der Waals surface area contributed by atoms with Gasteiger partial charge in [0, 0.05) is 16.7 Å². The molecule has 0 fully saturated rings. The molecule has 0 spiro atoms. The number of aromatic nitrogens is 3. The Kier molecular flexibility index (Phi) is 6.84. The first-order chi connectivity index (χ1) is 20.8. The van der Waals surface area contributed by atoms with E-state index < -0.39 is 0 Å². The van der Waals surface area contributed by atoms with Gasteiger partial charge >= 0.3 is 7.48 Å². The molecule has 0 unspecified atom stereocenters. The molecule has 0 amide bonds. The molecule has 7 aromatic rings. The monoisotopic (exact) mass is 538 g/mol. The summed E-state index contributed by atoms with van der Waals surface area (Å²) in [6, 6.07) is 49.2. The van der Waals surface area contributed by atoms with Gasteiger partial charge in [-0.3, -0.25) is 0 Å². The predicted molar refractivity (Wildman–Crippen MR) is 172 cm³/mol. The summed E-state index contributed by atoms with van der Waals surface area (Å²) in [4.78, 5) is 14.5. The van der Waals surface area contributed by atoms with Crippen LogP contribution in [-0.2, 0) is 0 Å². The molecule has 7 rings (SSSR count). The average molecular weight is 538 g/mol. The van der Waals surface area contributed by atoms with Gasteiger partial charge in [0.1, 0.15) is 0 Å². The van der Waals surface area contributed by atoms with E-state index in [0.29, 0.717) is 17.5 Å². The van der Waals surface area contributed by atoms with Crippen molar-refractivity contribution in [3.63, 3.8) is 0 Å². The Labute approximate surface area is 245 Å². The molecule has 197 valence electrons. The fourth-order valence-corrected chi connectivity index (χ4v) is 5.30. The van der Waals surface area contributed by atoms with Crippen LogP contribution in [-0.4, -0.2) is 27.5 Å². The fraction of sp³-hybridized carbons (Fsp3) is 0. The zero-order valence-corrected chi connectivity index (χ0v) is 22.7. The van der Waals surface area contributed by atoms with Crippen molar-refractivity contribution in [3.05, 3.63) is 146 Å². The smallest absolute Gasteiger partial charge is 0.326 e. The molecule has 1 aromatic heterocycles. The first-order valence-corrected chi connectivity index (χ1v) is 13.8. The van der Waals surface area contributed by atoms with Gasteiger partial charge < -0.3 is 5.02 Å². The van der Waals surface area contributed by atoms with Crippen molar-refractivity contribution >= 4 is 23.7 Å². The summed E-state index contributed by atoms with van der Waals surface area (Å²) in [7, 11) is 1.12. The molecular formula is C37H25BN3O. The van der Waals surface area contributed by atoms with Crippen molar-refractivity contribution in [2.45, 2.75) is 0 Å². The first-order valence-electron chi connectivity index (χ1n) is 13.8. The van der Waals surface area contributed by atoms with Gasteiger partial charge in [-0.25, -0.2) is 15.0 Å². The molecule has 0 aliphatic carbocycles. The molecule has 1 heterocycles. The molecule has 5 heteroatoms. The van der Waals surface area contributed by atoms with Crippen molar-refractivity contribution < 1.29 is 5.02 Å². The molecule has 6 aromatic carbocycles. The Hall–Kier alpha value is -5.39. The highest BCUT2D eigenvalue weighted by atomic mass is 16.2. The Morgan fingerprint density at radius 1 is 0.357 bits per heavy atom. The maximum Gasteiger partial charge on any atom is 0.326 e. The van der Waals surface area contributed by atoms with E-state index in [0.717, 1.165) is 51.9 Å². The molecule has 1 N–H and O–H groups in total. The summed E-state index contributed by atoms with van der Waals surface area (Å²) in [5.74, 6) is 1.93. The van der Waals surface area contributed by atoms with Gasteiger partial charge in [0.15, 0.2) is 17.5 Å². The highest BCUT2D eigenvalue weighted by molar-refractivity contribution is 6.45. The van der Waals surface area contributed by atoms with Crippen LogP contribution in [0.4, 0.5) is 0 Å². The van der Waals surface area contributed by atoms with Gasteiger partial charge in [0.25, 0.3) is 0 Å². The average Bonchev–Trinajstić information content (AvgIpc) is 3.08. The molecule has 0 aliphatic heterocycles. The summed E-state index contributed by atoms with van der Waals surface area (Å²) in [5.41, 5.74) is 8.15. The van der Waals surface area contributed by atoms with Crippen molar-refractivity contribution in [1.29, 1.82) is 0 Å². The van der Waals surface area contributed by atoms with Gasteiger partial charge in [-0.15, -0.1) is 0 Å². The minimum Gasteiger partial charge on any atom is -0.450 e. The van der Waals surface area contributed by atoms with E-state index in [9.17, 15) is 5.02 Å². The van der Waals surface area contributed by atoms with E-state index in [2.05, 4.69) is 60.7 Å². The number of nitrogens with zero attached hydrogens (tertiary/aromatic N) is 3. The number of rotatable bonds is 6. The van der Waals surface area contributed by atoms with E-state index in [1.165, 1.54) is 10.8 Å². The second-order valence-electron chi connectivity index (χ2n) is 10.1. The zero-order chi connectivity index (χ0) is 28.3. The van der Waals surface area contributed by atoms with Crippen LogP contribution in [0.1, 0.15) is 0 Å². The molecule has 0 aliphatic rings. The Morgan fingerprint density at radius 3 is 1.17 bits per heavy atom. The van der Waals surface area contributed by atoms with Crippen LogP contribution in [0, 0.1) is 0 Å². The van der Waals surface area contributed by atoms with Crippen LogP contribution in [0.5, 0.6) is 0 Å². The van der Waals surface area contributed by atoms with Crippen LogP contribution in [0.15, 0.2) is 146 Å². The molecule has 0 bridgehead atoms. The van der Waals surface area contributed by atoms with Crippen molar-refractivity contribution in [1.82, 2.24) is 15.0 Å². The lowest BCUT2D eigenvalue weighted by molar-refractivity contribution is 0.615. The van der Waals surface area contributed by atoms with Crippen molar-refractivity contribution in [2.75, 3.05) is 0 Å². The molecule has 0 saturated heterocycles. The number of benzene rings is 6. The van der Waals surface area contributed by atoms with E-state index >= 15 is 0 Å². The summed E-state index contributed by atoms with van der Waals surface area (Å²) in [6.45, 7) is 0. The van der Waals surface area contributed by atoms with Gasteiger partial charge in [-0.2, -0.15) is 0 Å². The summed E-state index contributed by atoms with van der Waals surface area (Å²) < 4.78 is 0. The molecule has 4 nitrogen and oxygen atoms in total. The first kappa shape index (κ1) is 25.6. The Bertz CT molecular complexity index is 1940. The maximum absolute atomic E-state index is 9.32. The predicted octanol–water partition coefficient (Wildman–Crippen LogP) is 7.60. The lowest BCUT2D eigenvalue weighted by Crippen LogP contribution is -2.11. The Morgan fingerprint density at radius 2 is 0.738 bits per heavy atom. The third-order valence-electron chi connectivity index (χ3n) is 7.45. The van der Waals surface area contributed by atoms with Crippen LogP contribution < -0.4 is 5.46 Å².